The molecule has 0 saturated heterocycles. The highest BCUT2D eigenvalue weighted by molar-refractivity contribution is 5.60. The Morgan fingerprint density at radius 2 is 1.41 bits per heavy atom. The minimum Gasteiger partial charge on any atom is -0.340 e. The maximum absolute atomic E-state index is 8.74. The molecule has 0 saturated carbocycles. The zero-order chi connectivity index (χ0) is 15.2. The van der Waals surface area contributed by atoms with Crippen molar-refractivity contribution in [3.05, 3.63) is 72.6 Å². The molecule has 0 spiro atoms. The van der Waals surface area contributed by atoms with Crippen LogP contribution in [0.2, 0.25) is 0 Å². The van der Waals surface area contributed by atoms with Crippen molar-refractivity contribution in [3.63, 3.8) is 0 Å². The summed E-state index contributed by atoms with van der Waals surface area (Å²) in [5.41, 5.74) is 2.35. The predicted molar refractivity (Wildman–Crippen MR) is 86.2 cm³/mol. The fourth-order valence-corrected chi connectivity index (χ4v) is 1.89. The lowest BCUT2D eigenvalue weighted by molar-refractivity contribution is 1.26. The monoisotopic (exact) mass is 287 g/mol. The third kappa shape index (κ3) is 3.38. The number of nitriles is 1. The van der Waals surface area contributed by atoms with Crippen LogP contribution in [0.3, 0.4) is 0 Å². The van der Waals surface area contributed by atoms with Crippen LogP contribution < -0.4 is 10.6 Å². The van der Waals surface area contributed by atoms with E-state index in [9.17, 15) is 0 Å². The quantitative estimate of drug-likeness (QED) is 0.762. The summed E-state index contributed by atoms with van der Waals surface area (Å²) in [7, 11) is 0. The van der Waals surface area contributed by atoms with E-state index in [1.807, 2.05) is 48.5 Å². The van der Waals surface area contributed by atoms with Crippen molar-refractivity contribution in [2.45, 2.75) is 0 Å². The molecule has 0 bridgehead atoms. The summed E-state index contributed by atoms with van der Waals surface area (Å²) < 4.78 is 0. The van der Waals surface area contributed by atoms with Gasteiger partial charge < -0.3 is 10.6 Å². The molecule has 0 atom stereocenters. The van der Waals surface area contributed by atoms with E-state index in [1.165, 1.54) is 6.20 Å². The number of aromatic nitrogens is 2. The second-order valence-corrected chi connectivity index (χ2v) is 4.59. The van der Waals surface area contributed by atoms with Crippen LogP contribution in [0.4, 0.5) is 23.0 Å². The molecule has 0 aliphatic rings. The first-order chi connectivity index (χ1) is 10.8. The lowest BCUT2D eigenvalue weighted by Crippen LogP contribution is -1.96. The number of nitrogens with one attached hydrogen (secondary N) is 2. The van der Waals surface area contributed by atoms with Gasteiger partial charge in [0.2, 0.25) is 0 Å². The molecule has 22 heavy (non-hydrogen) atoms. The first kappa shape index (κ1) is 13.6. The molecule has 5 nitrogen and oxygen atoms in total. The molecule has 0 radical (unpaired) electrons. The minimum atomic E-state index is 0.533. The Hall–Kier alpha value is -3.39. The van der Waals surface area contributed by atoms with Crippen molar-refractivity contribution in [1.29, 1.82) is 5.26 Å². The molecular weight excluding hydrogens is 274 g/mol. The highest BCUT2D eigenvalue weighted by Gasteiger charge is 1.99. The standard InChI is InChI=1S/C17H13N5/c18-10-13-6-8-16(19-11-13)22-15-7-9-17(20-12-15)21-14-4-2-1-3-5-14/h1-9,11-12H,(H,19,22)(H,20,21). The SMILES string of the molecule is N#Cc1ccc(Nc2ccc(Nc3ccccc3)nc2)nc1. The fraction of sp³-hybridized carbons (Fsp3) is 0. The molecule has 3 aromatic rings. The van der Waals surface area contributed by atoms with Gasteiger partial charge in [-0.15, -0.1) is 0 Å². The summed E-state index contributed by atoms with van der Waals surface area (Å²) in [5.74, 6) is 1.44. The van der Waals surface area contributed by atoms with Crippen LogP contribution in [0.15, 0.2) is 67.0 Å². The number of hydrogen-bond donors (Lipinski definition) is 2. The van der Waals surface area contributed by atoms with Gasteiger partial charge in [0, 0.05) is 11.9 Å². The van der Waals surface area contributed by atoms with Crippen molar-refractivity contribution >= 4 is 23.0 Å². The van der Waals surface area contributed by atoms with Gasteiger partial charge in [-0.1, -0.05) is 18.2 Å². The third-order valence-electron chi connectivity index (χ3n) is 2.97. The van der Waals surface area contributed by atoms with E-state index >= 15 is 0 Å². The number of anilines is 4. The van der Waals surface area contributed by atoms with Gasteiger partial charge in [-0.05, 0) is 36.4 Å². The van der Waals surface area contributed by atoms with E-state index < -0.39 is 0 Å². The van der Waals surface area contributed by atoms with Crippen molar-refractivity contribution in [1.82, 2.24) is 9.97 Å². The Labute approximate surface area is 128 Å². The zero-order valence-corrected chi connectivity index (χ0v) is 11.7. The molecular formula is C17H13N5. The average Bonchev–Trinajstić information content (AvgIpc) is 2.58. The maximum Gasteiger partial charge on any atom is 0.130 e. The van der Waals surface area contributed by atoms with Crippen LogP contribution in [0.5, 0.6) is 0 Å². The molecule has 0 aliphatic carbocycles. The lowest BCUT2D eigenvalue weighted by Gasteiger charge is -2.08. The summed E-state index contributed by atoms with van der Waals surface area (Å²) in [6.07, 6.45) is 3.26. The van der Waals surface area contributed by atoms with Gasteiger partial charge in [-0.3, -0.25) is 0 Å². The third-order valence-corrected chi connectivity index (χ3v) is 2.97. The molecule has 0 aliphatic heterocycles. The number of rotatable bonds is 4. The van der Waals surface area contributed by atoms with Gasteiger partial charge in [0.05, 0.1) is 17.4 Å². The molecule has 3 rings (SSSR count). The van der Waals surface area contributed by atoms with E-state index in [2.05, 4.69) is 20.6 Å². The van der Waals surface area contributed by atoms with E-state index in [1.54, 1.807) is 18.3 Å². The molecule has 1 aromatic carbocycles. The largest absolute Gasteiger partial charge is 0.340 e. The first-order valence-electron chi connectivity index (χ1n) is 6.75. The van der Waals surface area contributed by atoms with Gasteiger partial charge in [0.15, 0.2) is 0 Å². The molecule has 2 N–H and O–H groups in total. The number of pyridine rings is 2. The van der Waals surface area contributed by atoms with E-state index in [0.29, 0.717) is 11.4 Å². The summed E-state index contributed by atoms with van der Waals surface area (Å²) in [5, 5.41) is 15.1. The van der Waals surface area contributed by atoms with Crippen LogP contribution in [-0.4, -0.2) is 9.97 Å². The molecule has 5 heteroatoms. The molecule has 106 valence electrons. The van der Waals surface area contributed by atoms with Gasteiger partial charge in [0.1, 0.15) is 17.7 Å². The second-order valence-electron chi connectivity index (χ2n) is 4.59. The number of benzene rings is 1. The Bertz CT molecular complexity index is 774. The molecule has 2 heterocycles. The van der Waals surface area contributed by atoms with Gasteiger partial charge >= 0.3 is 0 Å². The number of hydrogen-bond acceptors (Lipinski definition) is 5. The fourth-order valence-electron chi connectivity index (χ4n) is 1.89. The van der Waals surface area contributed by atoms with Crippen molar-refractivity contribution in [2.75, 3.05) is 10.6 Å². The molecule has 0 amide bonds. The summed E-state index contributed by atoms with van der Waals surface area (Å²) in [4.78, 5) is 8.51. The van der Waals surface area contributed by atoms with Crippen LogP contribution in [0, 0.1) is 11.3 Å². The van der Waals surface area contributed by atoms with E-state index in [-0.39, 0.29) is 0 Å². The Morgan fingerprint density at radius 1 is 0.727 bits per heavy atom. The highest BCUT2D eigenvalue weighted by atomic mass is 15.0. The van der Waals surface area contributed by atoms with Crippen LogP contribution in [-0.2, 0) is 0 Å². The van der Waals surface area contributed by atoms with E-state index in [0.717, 1.165) is 17.2 Å². The molecule has 0 unspecified atom stereocenters. The normalized spacial score (nSPS) is 9.77. The van der Waals surface area contributed by atoms with Crippen LogP contribution >= 0.6 is 0 Å². The number of nitrogens with zero attached hydrogens (tertiary/aromatic N) is 3. The average molecular weight is 287 g/mol. The molecule has 0 fully saturated rings. The summed E-state index contributed by atoms with van der Waals surface area (Å²) in [6, 6.07) is 19.2. The summed E-state index contributed by atoms with van der Waals surface area (Å²) >= 11 is 0. The molecule has 2 aromatic heterocycles. The lowest BCUT2D eigenvalue weighted by atomic mass is 10.3. The smallest absolute Gasteiger partial charge is 0.130 e. The van der Waals surface area contributed by atoms with Gasteiger partial charge in [-0.2, -0.15) is 5.26 Å². The first-order valence-corrected chi connectivity index (χ1v) is 6.75. The topological polar surface area (TPSA) is 73.6 Å². The van der Waals surface area contributed by atoms with Gasteiger partial charge in [0.25, 0.3) is 0 Å². The van der Waals surface area contributed by atoms with Crippen LogP contribution in [0.1, 0.15) is 5.56 Å². The predicted octanol–water partition coefficient (Wildman–Crippen LogP) is 3.84. The highest BCUT2D eigenvalue weighted by Crippen LogP contribution is 2.18. The van der Waals surface area contributed by atoms with Crippen molar-refractivity contribution < 1.29 is 0 Å². The van der Waals surface area contributed by atoms with Crippen molar-refractivity contribution in [3.8, 4) is 6.07 Å². The maximum atomic E-state index is 8.74. The Balaban J connectivity index is 1.67. The second kappa shape index (κ2) is 6.37. The number of para-hydroxylation sites is 1. The van der Waals surface area contributed by atoms with Crippen LogP contribution in [0.25, 0.3) is 0 Å². The zero-order valence-electron chi connectivity index (χ0n) is 11.7. The van der Waals surface area contributed by atoms with Crippen molar-refractivity contribution in [2.24, 2.45) is 0 Å². The Morgan fingerprint density at radius 3 is 2.00 bits per heavy atom. The van der Waals surface area contributed by atoms with Gasteiger partial charge in [-0.25, -0.2) is 9.97 Å². The van der Waals surface area contributed by atoms with E-state index in [4.69, 9.17) is 5.26 Å². The summed E-state index contributed by atoms with van der Waals surface area (Å²) in [6.45, 7) is 0. The minimum absolute atomic E-state index is 0.533. The Kier molecular flexibility index (Phi) is 3.94.